The van der Waals surface area contributed by atoms with Gasteiger partial charge in [0.1, 0.15) is 18.2 Å². The van der Waals surface area contributed by atoms with E-state index in [9.17, 15) is 8.78 Å². The summed E-state index contributed by atoms with van der Waals surface area (Å²) in [5.41, 5.74) is 2.12. The molecule has 2 rings (SSSR count). The van der Waals surface area contributed by atoms with Gasteiger partial charge in [0.25, 0.3) is 0 Å². The van der Waals surface area contributed by atoms with Crippen LogP contribution in [0.2, 0.25) is 0 Å². The molecule has 0 aliphatic rings. The summed E-state index contributed by atoms with van der Waals surface area (Å²) in [6, 6.07) is 10.9. The summed E-state index contributed by atoms with van der Waals surface area (Å²) in [5.74, 6) is -1.00. The molecule has 0 aromatic heterocycles. The summed E-state index contributed by atoms with van der Waals surface area (Å²) >= 11 is 0. The van der Waals surface area contributed by atoms with Gasteiger partial charge in [-0.25, -0.2) is 8.78 Å². The summed E-state index contributed by atoms with van der Waals surface area (Å²) in [4.78, 5) is 4.98. The molecule has 0 atom stereocenters. The van der Waals surface area contributed by atoms with E-state index in [4.69, 9.17) is 4.84 Å². The number of nitrogens with zero attached hydrogens (tertiary/aromatic N) is 1. The Kier molecular flexibility index (Phi) is 4.23. The normalized spacial score (nSPS) is 10.9. The maximum Gasteiger partial charge on any atom is 0.145 e. The first kappa shape index (κ1) is 13.2. The monoisotopic (exact) mass is 261 g/mol. The summed E-state index contributed by atoms with van der Waals surface area (Å²) in [6.07, 6.45) is 1.55. The second-order valence-electron chi connectivity index (χ2n) is 4.10. The molecule has 0 fully saturated rings. The van der Waals surface area contributed by atoms with E-state index in [0.29, 0.717) is 0 Å². The number of rotatable bonds is 4. The van der Waals surface area contributed by atoms with Gasteiger partial charge in [0.05, 0.1) is 6.21 Å². The zero-order valence-corrected chi connectivity index (χ0v) is 10.4. The van der Waals surface area contributed by atoms with Gasteiger partial charge in [-0.3, -0.25) is 0 Å². The largest absolute Gasteiger partial charge is 0.391 e. The minimum atomic E-state index is -0.507. The van der Waals surface area contributed by atoms with Gasteiger partial charge in [-0.2, -0.15) is 0 Å². The first-order valence-corrected chi connectivity index (χ1v) is 5.82. The van der Waals surface area contributed by atoms with Gasteiger partial charge in [0.2, 0.25) is 0 Å². The first-order valence-electron chi connectivity index (χ1n) is 5.82. The lowest BCUT2D eigenvalue weighted by molar-refractivity contribution is 0.129. The third kappa shape index (κ3) is 3.61. The van der Waals surface area contributed by atoms with E-state index >= 15 is 0 Å². The molecule has 0 N–H and O–H groups in total. The third-order valence-electron chi connectivity index (χ3n) is 2.68. The highest BCUT2D eigenvalue weighted by atomic mass is 19.1. The van der Waals surface area contributed by atoms with Crippen molar-refractivity contribution < 1.29 is 13.6 Å². The topological polar surface area (TPSA) is 21.6 Å². The van der Waals surface area contributed by atoms with Crippen LogP contribution in [-0.4, -0.2) is 6.21 Å². The lowest BCUT2D eigenvalue weighted by atomic mass is 10.1. The molecule has 0 amide bonds. The smallest absolute Gasteiger partial charge is 0.145 e. The number of oxime groups is 1. The maximum absolute atomic E-state index is 13.3. The molecule has 2 aromatic rings. The SMILES string of the molecule is Cc1ccccc1C=NOCc1cc(F)ccc1F. The van der Waals surface area contributed by atoms with Gasteiger partial charge < -0.3 is 4.84 Å². The number of benzene rings is 2. The van der Waals surface area contributed by atoms with Crippen molar-refractivity contribution in [2.24, 2.45) is 5.16 Å². The molecule has 98 valence electrons. The summed E-state index contributed by atoms with van der Waals surface area (Å²) in [7, 11) is 0. The Morgan fingerprint density at radius 2 is 1.95 bits per heavy atom. The van der Waals surface area contributed by atoms with Crippen LogP contribution in [0.1, 0.15) is 16.7 Å². The molecule has 0 aliphatic carbocycles. The van der Waals surface area contributed by atoms with Crippen LogP contribution in [-0.2, 0) is 11.4 Å². The van der Waals surface area contributed by atoms with Crippen molar-refractivity contribution in [1.82, 2.24) is 0 Å². The van der Waals surface area contributed by atoms with Crippen molar-refractivity contribution in [3.8, 4) is 0 Å². The highest BCUT2D eigenvalue weighted by Gasteiger charge is 2.03. The van der Waals surface area contributed by atoms with Gasteiger partial charge >= 0.3 is 0 Å². The van der Waals surface area contributed by atoms with Crippen molar-refractivity contribution in [2.45, 2.75) is 13.5 Å². The molecule has 0 radical (unpaired) electrons. The average Bonchev–Trinajstić information content (AvgIpc) is 2.40. The Labute approximate surface area is 110 Å². The van der Waals surface area contributed by atoms with Crippen LogP contribution in [0.25, 0.3) is 0 Å². The Hall–Kier alpha value is -2.23. The third-order valence-corrected chi connectivity index (χ3v) is 2.68. The van der Waals surface area contributed by atoms with E-state index in [0.717, 1.165) is 29.3 Å². The van der Waals surface area contributed by atoms with Crippen molar-refractivity contribution in [2.75, 3.05) is 0 Å². The van der Waals surface area contributed by atoms with E-state index in [1.807, 2.05) is 31.2 Å². The second-order valence-corrected chi connectivity index (χ2v) is 4.10. The molecule has 0 spiro atoms. The molecule has 2 aromatic carbocycles. The minimum Gasteiger partial charge on any atom is -0.391 e. The van der Waals surface area contributed by atoms with E-state index in [1.165, 1.54) is 0 Å². The predicted octanol–water partition coefficient (Wildman–Crippen LogP) is 3.82. The standard InChI is InChI=1S/C15H13F2NO/c1-11-4-2-3-5-12(11)9-18-19-10-13-8-14(16)6-7-15(13)17/h2-9H,10H2,1H3. The summed E-state index contributed by atoms with van der Waals surface area (Å²) in [5, 5.41) is 3.75. The van der Waals surface area contributed by atoms with Crippen LogP contribution in [0.4, 0.5) is 8.78 Å². The second kappa shape index (κ2) is 6.09. The average molecular weight is 261 g/mol. The Balaban J connectivity index is 1.97. The van der Waals surface area contributed by atoms with Crippen LogP contribution < -0.4 is 0 Å². The molecule has 4 heteroatoms. The van der Waals surface area contributed by atoms with Gasteiger partial charge in [-0.05, 0) is 36.2 Å². The van der Waals surface area contributed by atoms with Crippen LogP contribution in [0.5, 0.6) is 0 Å². The molecule has 0 unspecified atom stereocenters. The van der Waals surface area contributed by atoms with Crippen LogP contribution >= 0.6 is 0 Å². The zero-order valence-electron chi connectivity index (χ0n) is 10.4. The quantitative estimate of drug-likeness (QED) is 0.605. The van der Waals surface area contributed by atoms with Gasteiger partial charge in [-0.15, -0.1) is 0 Å². The lowest BCUT2D eigenvalue weighted by Crippen LogP contribution is -1.94. The zero-order chi connectivity index (χ0) is 13.7. The van der Waals surface area contributed by atoms with Gasteiger partial charge in [-0.1, -0.05) is 29.4 Å². The number of hydrogen-bond donors (Lipinski definition) is 0. The fourth-order valence-corrected chi connectivity index (χ4v) is 1.59. The fraction of sp³-hybridized carbons (Fsp3) is 0.133. The summed E-state index contributed by atoms with van der Waals surface area (Å²) in [6.45, 7) is 1.85. The molecule has 0 bridgehead atoms. The van der Waals surface area contributed by atoms with E-state index < -0.39 is 11.6 Å². The summed E-state index contributed by atoms with van der Waals surface area (Å²) < 4.78 is 26.2. The number of aryl methyl sites for hydroxylation is 1. The van der Waals surface area contributed by atoms with Gasteiger partial charge in [0, 0.05) is 5.56 Å². The van der Waals surface area contributed by atoms with Crippen LogP contribution in [0.15, 0.2) is 47.6 Å². The van der Waals surface area contributed by atoms with Crippen LogP contribution in [0.3, 0.4) is 0 Å². The molecule has 2 nitrogen and oxygen atoms in total. The maximum atomic E-state index is 13.3. The highest BCUT2D eigenvalue weighted by molar-refractivity contribution is 5.81. The number of halogens is 2. The molecule has 0 saturated carbocycles. The van der Waals surface area contributed by atoms with Crippen molar-refractivity contribution in [3.05, 3.63) is 70.8 Å². The Morgan fingerprint density at radius 1 is 1.16 bits per heavy atom. The predicted molar refractivity (Wildman–Crippen MR) is 69.9 cm³/mol. The number of hydrogen-bond acceptors (Lipinski definition) is 2. The molecular weight excluding hydrogens is 248 g/mol. The molecule has 0 saturated heterocycles. The molecule has 19 heavy (non-hydrogen) atoms. The Morgan fingerprint density at radius 3 is 2.74 bits per heavy atom. The van der Waals surface area contributed by atoms with Crippen molar-refractivity contribution in [1.29, 1.82) is 0 Å². The molecule has 0 heterocycles. The van der Waals surface area contributed by atoms with Gasteiger partial charge in [0.15, 0.2) is 0 Å². The first-order chi connectivity index (χ1) is 9.16. The lowest BCUT2D eigenvalue weighted by Gasteiger charge is -2.02. The Bertz CT molecular complexity index is 596. The van der Waals surface area contributed by atoms with E-state index in [1.54, 1.807) is 6.21 Å². The fourth-order valence-electron chi connectivity index (χ4n) is 1.59. The highest BCUT2D eigenvalue weighted by Crippen LogP contribution is 2.11. The van der Waals surface area contributed by atoms with Crippen LogP contribution in [0, 0.1) is 18.6 Å². The van der Waals surface area contributed by atoms with E-state index in [-0.39, 0.29) is 12.2 Å². The van der Waals surface area contributed by atoms with Crippen molar-refractivity contribution >= 4 is 6.21 Å². The van der Waals surface area contributed by atoms with Crippen molar-refractivity contribution in [3.63, 3.8) is 0 Å². The molecular formula is C15H13F2NO. The van der Waals surface area contributed by atoms with E-state index in [2.05, 4.69) is 5.16 Å². The molecule has 0 aliphatic heterocycles. The minimum absolute atomic E-state index is 0.105.